The molecule has 0 atom stereocenters. The van der Waals surface area contributed by atoms with Gasteiger partial charge in [0, 0.05) is 6.04 Å². The quantitative estimate of drug-likeness (QED) is 0.496. The van der Waals surface area contributed by atoms with Crippen molar-refractivity contribution in [1.29, 1.82) is 0 Å². The van der Waals surface area contributed by atoms with Gasteiger partial charge < -0.3 is 15.4 Å². The first-order valence-corrected chi connectivity index (χ1v) is 5.74. The first kappa shape index (κ1) is 14.2. The van der Waals surface area contributed by atoms with Crippen molar-refractivity contribution in [2.24, 2.45) is 0 Å². The Hall–Kier alpha value is -1.89. The van der Waals surface area contributed by atoms with Gasteiger partial charge in [0.05, 0.1) is 18.1 Å². The van der Waals surface area contributed by atoms with Crippen LogP contribution in [0.15, 0.2) is 18.2 Å². The first-order valence-electron chi connectivity index (χ1n) is 5.34. The molecule has 0 bridgehead atoms. The first-order chi connectivity index (χ1) is 8.43. The van der Waals surface area contributed by atoms with Crippen LogP contribution in [0.2, 0.25) is 0 Å². The van der Waals surface area contributed by atoms with Gasteiger partial charge in [0.25, 0.3) is 5.69 Å². The lowest BCUT2D eigenvalue weighted by molar-refractivity contribution is -0.384. The number of thiocarbonyl (C=S) groups is 1. The van der Waals surface area contributed by atoms with Crippen molar-refractivity contribution < 1.29 is 9.66 Å². The number of anilines is 1. The van der Waals surface area contributed by atoms with Crippen LogP contribution in [0.1, 0.15) is 13.8 Å². The number of nitro benzene ring substituents is 1. The zero-order chi connectivity index (χ0) is 13.7. The zero-order valence-electron chi connectivity index (χ0n) is 10.4. The van der Waals surface area contributed by atoms with Crippen molar-refractivity contribution in [1.82, 2.24) is 5.32 Å². The fraction of sp³-hybridized carbons (Fsp3) is 0.364. The SMILES string of the molecule is COc1ccc(NC(=S)NC(C)C)c([N+](=O)[O-])c1. The number of benzene rings is 1. The standard InChI is InChI=1S/C11H15N3O3S/c1-7(2)12-11(18)13-9-5-4-8(17-3)6-10(9)14(15)16/h4-7H,1-3H3,(H2,12,13,18). The fourth-order valence-corrected chi connectivity index (χ4v) is 1.66. The van der Waals surface area contributed by atoms with E-state index in [9.17, 15) is 10.1 Å². The molecule has 0 aliphatic heterocycles. The molecule has 0 saturated carbocycles. The predicted octanol–water partition coefficient (Wildman–Crippen LogP) is 2.30. The Balaban J connectivity index is 2.94. The maximum atomic E-state index is 10.9. The van der Waals surface area contributed by atoms with Gasteiger partial charge in [-0.05, 0) is 38.2 Å². The van der Waals surface area contributed by atoms with Crippen LogP contribution < -0.4 is 15.4 Å². The molecular formula is C11H15N3O3S. The number of hydrogen-bond acceptors (Lipinski definition) is 4. The molecule has 0 aliphatic rings. The molecule has 0 spiro atoms. The Morgan fingerprint density at radius 1 is 1.50 bits per heavy atom. The fourth-order valence-electron chi connectivity index (χ4n) is 1.32. The summed E-state index contributed by atoms with van der Waals surface area (Å²) in [6.45, 7) is 3.85. The maximum absolute atomic E-state index is 10.9. The third-order valence-electron chi connectivity index (χ3n) is 2.07. The Kier molecular flexibility index (Phi) is 4.85. The summed E-state index contributed by atoms with van der Waals surface area (Å²) in [5, 5.41) is 17.0. The average molecular weight is 269 g/mol. The van der Waals surface area contributed by atoms with Crippen molar-refractivity contribution in [3.8, 4) is 5.75 Å². The van der Waals surface area contributed by atoms with Crippen LogP contribution in [0.25, 0.3) is 0 Å². The van der Waals surface area contributed by atoms with E-state index in [-0.39, 0.29) is 11.7 Å². The van der Waals surface area contributed by atoms with Crippen molar-refractivity contribution in [2.45, 2.75) is 19.9 Å². The summed E-state index contributed by atoms with van der Waals surface area (Å²) < 4.78 is 4.95. The van der Waals surface area contributed by atoms with Gasteiger partial charge in [0.15, 0.2) is 5.11 Å². The molecular weight excluding hydrogens is 254 g/mol. The molecule has 1 rings (SSSR count). The predicted molar refractivity (Wildman–Crippen MR) is 74.1 cm³/mol. The largest absolute Gasteiger partial charge is 0.496 e. The lowest BCUT2D eigenvalue weighted by Crippen LogP contribution is -2.34. The number of nitrogens with zero attached hydrogens (tertiary/aromatic N) is 1. The lowest BCUT2D eigenvalue weighted by Gasteiger charge is -2.13. The molecule has 98 valence electrons. The lowest BCUT2D eigenvalue weighted by atomic mass is 10.2. The second-order valence-electron chi connectivity index (χ2n) is 3.89. The van der Waals surface area contributed by atoms with Gasteiger partial charge in [-0.3, -0.25) is 10.1 Å². The maximum Gasteiger partial charge on any atom is 0.296 e. The van der Waals surface area contributed by atoms with E-state index in [4.69, 9.17) is 17.0 Å². The van der Waals surface area contributed by atoms with Gasteiger partial charge in [-0.15, -0.1) is 0 Å². The minimum atomic E-state index is -0.483. The number of hydrogen-bond donors (Lipinski definition) is 2. The molecule has 0 heterocycles. The van der Waals surface area contributed by atoms with E-state index in [1.807, 2.05) is 13.8 Å². The third kappa shape index (κ3) is 3.85. The third-order valence-corrected chi connectivity index (χ3v) is 2.29. The molecule has 0 aromatic heterocycles. The highest BCUT2D eigenvalue weighted by molar-refractivity contribution is 7.80. The van der Waals surface area contributed by atoms with Gasteiger partial charge >= 0.3 is 0 Å². The van der Waals surface area contributed by atoms with Crippen molar-refractivity contribution in [3.05, 3.63) is 28.3 Å². The Labute approximate surface area is 110 Å². The summed E-state index contributed by atoms with van der Waals surface area (Å²) >= 11 is 5.04. The molecule has 1 aromatic carbocycles. The molecule has 1 aromatic rings. The molecule has 0 unspecified atom stereocenters. The van der Waals surface area contributed by atoms with Crippen molar-refractivity contribution in [2.75, 3.05) is 12.4 Å². The monoisotopic (exact) mass is 269 g/mol. The Morgan fingerprint density at radius 3 is 2.67 bits per heavy atom. The van der Waals surface area contributed by atoms with Crippen LogP contribution in [-0.4, -0.2) is 23.2 Å². The number of methoxy groups -OCH3 is 1. The van der Waals surface area contributed by atoms with E-state index < -0.39 is 4.92 Å². The molecule has 18 heavy (non-hydrogen) atoms. The van der Waals surface area contributed by atoms with Gasteiger partial charge in [-0.1, -0.05) is 0 Å². The van der Waals surface area contributed by atoms with E-state index in [1.54, 1.807) is 12.1 Å². The zero-order valence-corrected chi connectivity index (χ0v) is 11.2. The summed E-state index contributed by atoms with van der Waals surface area (Å²) in [6, 6.07) is 4.70. The molecule has 7 heteroatoms. The smallest absolute Gasteiger partial charge is 0.296 e. The summed E-state index contributed by atoms with van der Waals surface area (Å²) in [6.07, 6.45) is 0. The summed E-state index contributed by atoms with van der Waals surface area (Å²) in [7, 11) is 1.46. The van der Waals surface area contributed by atoms with Crippen molar-refractivity contribution >= 4 is 28.7 Å². The highest BCUT2D eigenvalue weighted by Gasteiger charge is 2.16. The van der Waals surface area contributed by atoms with E-state index in [0.29, 0.717) is 16.5 Å². The van der Waals surface area contributed by atoms with Crippen molar-refractivity contribution in [3.63, 3.8) is 0 Å². The van der Waals surface area contributed by atoms with E-state index in [0.717, 1.165) is 0 Å². The van der Waals surface area contributed by atoms with Crippen LogP contribution in [0.4, 0.5) is 11.4 Å². The number of rotatable bonds is 4. The highest BCUT2D eigenvalue weighted by atomic mass is 32.1. The van der Waals surface area contributed by atoms with Gasteiger partial charge in [0.1, 0.15) is 11.4 Å². The molecule has 0 aliphatic carbocycles. The minimum absolute atomic E-state index is 0.0812. The van der Waals surface area contributed by atoms with E-state index in [1.165, 1.54) is 13.2 Å². The molecule has 2 N–H and O–H groups in total. The second-order valence-corrected chi connectivity index (χ2v) is 4.30. The topological polar surface area (TPSA) is 76.4 Å². The van der Waals surface area contributed by atoms with Gasteiger partial charge in [-0.2, -0.15) is 0 Å². The number of ether oxygens (including phenoxy) is 1. The van der Waals surface area contributed by atoms with Crippen LogP contribution in [-0.2, 0) is 0 Å². The van der Waals surface area contributed by atoms with Crippen LogP contribution in [0, 0.1) is 10.1 Å². The Morgan fingerprint density at radius 2 is 2.17 bits per heavy atom. The molecule has 0 saturated heterocycles. The Bertz CT molecular complexity index is 463. The summed E-state index contributed by atoms with van der Waals surface area (Å²) in [5.41, 5.74) is 0.251. The van der Waals surface area contributed by atoms with Crippen LogP contribution in [0.5, 0.6) is 5.75 Å². The molecule has 0 fully saturated rings. The molecule has 0 radical (unpaired) electrons. The van der Waals surface area contributed by atoms with Crippen LogP contribution >= 0.6 is 12.2 Å². The van der Waals surface area contributed by atoms with Crippen LogP contribution in [0.3, 0.4) is 0 Å². The average Bonchev–Trinajstić information content (AvgIpc) is 2.28. The summed E-state index contributed by atoms with van der Waals surface area (Å²) in [5.74, 6) is 0.426. The molecule has 6 nitrogen and oxygen atoms in total. The van der Waals surface area contributed by atoms with E-state index >= 15 is 0 Å². The van der Waals surface area contributed by atoms with E-state index in [2.05, 4.69) is 10.6 Å². The normalized spacial score (nSPS) is 10.0. The molecule has 0 amide bonds. The number of nitro groups is 1. The van der Waals surface area contributed by atoms with Gasteiger partial charge in [0.2, 0.25) is 0 Å². The van der Waals surface area contributed by atoms with Gasteiger partial charge in [-0.25, -0.2) is 0 Å². The number of nitrogens with one attached hydrogen (secondary N) is 2. The second kappa shape index (κ2) is 6.15. The minimum Gasteiger partial charge on any atom is -0.496 e. The summed E-state index contributed by atoms with van der Waals surface area (Å²) in [4.78, 5) is 10.5. The highest BCUT2D eigenvalue weighted by Crippen LogP contribution is 2.28.